The second kappa shape index (κ2) is 6.47. The number of hydrogen-bond donors (Lipinski definition) is 1. The Hall–Kier alpha value is -1.69. The number of rotatable bonds is 6. The number of nitrogen functional groups attached to an aromatic ring is 1. The molecular formula is C13H18N4OS. The molecule has 0 aliphatic heterocycles. The van der Waals surface area contributed by atoms with Crippen LogP contribution in [-0.4, -0.2) is 21.9 Å². The van der Waals surface area contributed by atoms with Gasteiger partial charge in [0.2, 0.25) is 0 Å². The van der Waals surface area contributed by atoms with Crippen molar-refractivity contribution in [3.8, 4) is 5.75 Å². The highest BCUT2D eigenvalue weighted by molar-refractivity contribution is 7.98. The van der Waals surface area contributed by atoms with Crippen LogP contribution in [0, 0.1) is 0 Å². The highest BCUT2D eigenvalue weighted by atomic mass is 32.2. The zero-order valence-electron chi connectivity index (χ0n) is 11.2. The van der Waals surface area contributed by atoms with Crippen molar-refractivity contribution >= 4 is 17.4 Å². The van der Waals surface area contributed by atoms with Gasteiger partial charge in [-0.1, -0.05) is 6.92 Å². The van der Waals surface area contributed by atoms with Gasteiger partial charge < -0.3 is 10.5 Å². The van der Waals surface area contributed by atoms with Crippen molar-refractivity contribution in [1.82, 2.24) is 14.8 Å². The molecule has 5 nitrogen and oxygen atoms in total. The Kier molecular flexibility index (Phi) is 4.68. The van der Waals surface area contributed by atoms with Gasteiger partial charge in [-0.2, -0.15) is 5.10 Å². The monoisotopic (exact) mass is 278 g/mol. The minimum atomic E-state index is 0.704. The number of nitrogens with two attached hydrogens (primary N) is 1. The van der Waals surface area contributed by atoms with E-state index in [0.29, 0.717) is 5.69 Å². The number of aromatic nitrogens is 3. The third-order valence-corrected chi connectivity index (χ3v) is 3.73. The SMILES string of the molecule is CCCn1ncnc1CSc1ccc(N)cc1OC. The van der Waals surface area contributed by atoms with E-state index < -0.39 is 0 Å². The molecular weight excluding hydrogens is 260 g/mol. The third-order valence-electron chi connectivity index (χ3n) is 2.68. The number of hydrogen-bond acceptors (Lipinski definition) is 5. The molecule has 2 N–H and O–H groups in total. The van der Waals surface area contributed by atoms with Gasteiger partial charge in [0.15, 0.2) is 0 Å². The first-order valence-electron chi connectivity index (χ1n) is 6.17. The molecule has 0 saturated carbocycles. The number of benzene rings is 1. The second-order valence-electron chi connectivity index (χ2n) is 4.10. The highest BCUT2D eigenvalue weighted by Gasteiger charge is 2.08. The molecule has 102 valence electrons. The van der Waals surface area contributed by atoms with E-state index >= 15 is 0 Å². The van der Waals surface area contributed by atoms with Gasteiger partial charge in [-0.15, -0.1) is 11.8 Å². The number of aryl methyl sites for hydroxylation is 1. The molecule has 6 heteroatoms. The lowest BCUT2D eigenvalue weighted by Crippen LogP contribution is -2.04. The van der Waals surface area contributed by atoms with E-state index in [4.69, 9.17) is 10.5 Å². The predicted molar refractivity (Wildman–Crippen MR) is 77.3 cm³/mol. The first-order valence-corrected chi connectivity index (χ1v) is 7.16. The molecule has 0 spiro atoms. The molecule has 2 rings (SSSR count). The summed E-state index contributed by atoms with van der Waals surface area (Å²) in [6.45, 7) is 3.02. The molecule has 0 saturated heterocycles. The lowest BCUT2D eigenvalue weighted by atomic mass is 10.3. The lowest BCUT2D eigenvalue weighted by molar-refractivity contribution is 0.405. The van der Waals surface area contributed by atoms with Crippen LogP contribution in [-0.2, 0) is 12.3 Å². The van der Waals surface area contributed by atoms with Gasteiger partial charge in [-0.25, -0.2) is 9.67 Å². The molecule has 0 unspecified atom stereocenters. The van der Waals surface area contributed by atoms with Crippen molar-refractivity contribution in [3.63, 3.8) is 0 Å². The Balaban J connectivity index is 2.07. The van der Waals surface area contributed by atoms with Crippen LogP contribution >= 0.6 is 11.8 Å². The van der Waals surface area contributed by atoms with Gasteiger partial charge in [0, 0.05) is 23.2 Å². The zero-order valence-corrected chi connectivity index (χ0v) is 12.0. The van der Waals surface area contributed by atoms with E-state index in [1.807, 2.05) is 22.9 Å². The molecule has 1 heterocycles. The summed E-state index contributed by atoms with van der Waals surface area (Å²) < 4.78 is 7.27. The van der Waals surface area contributed by atoms with Crippen molar-refractivity contribution in [1.29, 1.82) is 0 Å². The molecule has 0 radical (unpaired) electrons. The minimum absolute atomic E-state index is 0.704. The summed E-state index contributed by atoms with van der Waals surface area (Å²) in [6, 6.07) is 5.68. The molecule has 0 amide bonds. The Labute approximate surface area is 117 Å². The molecule has 1 aromatic carbocycles. The summed E-state index contributed by atoms with van der Waals surface area (Å²) in [4.78, 5) is 5.35. The fourth-order valence-electron chi connectivity index (χ4n) is 1.74. The van der Waals surface area contributed by atoms with Gasteiger partial charge >= 0.3 is 0 Å². The van der Waals surface area contributed by atoms with Crippen LogP contribution in [0.15, 0.2) is 29.4 Å². The zero-order chi connectivity index (χ0) is 13.7. The summed E-state index contributed by atoms with van der Waals surface area (Å²) in [5, 5.41) is 4.22. The number of anilines is 1. The van der Waals surface area contributed by atoms with E-state index in [-0.39, 0.29) is 0 Å². The van der Waals surface area contributed by atoms with Crippen LogP contribution in [0.1, 0.15) is 19.2 Å². The number of ether oxygens (including phenoxy) is 1. The van der Waals surface area contributed by atoms with Crippen LogP contribution in [0.5, 0.6) is 5.75 Å². The van der Waals surface area contributed by atoms with E-state index in [9.17, 15) is 0 Å². The number of methoxy groups -OCH3 is 1. The van der Waals surface area contributed by atoms with Crippen molar-refractivity contribution in [3.05, 3.63) is 30.4 Å². The Bertz CT molecular complexity index is 541. The van der Waals surface area contributed by atoms with E-state index in [2.05, 4.69) is 17.0 Å². The molecule has 0 bridgehead atoms. The van der Waals surface area contributed by atoms with E-state index in [1.165, 1.54) is 0 Å². The van der Waals surface area contributed by atoms with E-state index in [1.54, 1.807) is 25.2 Å². The van der Waals surface area contributed by atoms with Gasteiger partial charge in [0.05, 0.1) is 12.9 Å². The topological polar surface area (TPSA) is 66.0 Å². The van der Waals surface area contributed by atoms with Crippen molar-refractivity contribution in [2.45, 2.75) is 30.5 Å². The fraction of sp³-hybridized carbons (Fsp3) is 0.385. The molecule has 0 fully saturated rings. The molecule has 2 aromatic rings. The Morgan fingerprint density at radius 1 is 1.42 bits per heavy atom. The van der Waals surface area contributed by atoms with Crippen LogP contribution in [0.25, 0.3) is 0 Å². The Morgan fingerprint density at radius 3 is 3.00 bits per heavy atom. The molecule has 19 heavy (non-hydrogen) atoms. The quantitative estimate of drug-likeness (QED) is 0.650. The average Bonchev–Trinajstić information content (AvgIpc) is 2.85. The van der Waals surface area contributed by atoms with Crippen molar-refractivity contribution in [2.24, 2.45) is 0 Å². The van der Waals surface area contributed by atoms with Crippen LogP contribution in [0.3, 0.4) is 0 Å². The minimum Gasteiger partial charge on any atom is -0.496 e. The summed E-state index contributed by atoms with van der Waals surface area (Å²) in [5.74, 6) is 2.54. The van der Waals surface area contributed by atoms with Gasteiger partial charge in [0.25, 0.3) is 0 Å². The van der Waals surface area contributed by atoms with Crippen LogP contribution < -0.4 is 10.5 Å². The summed E-state index contributed by atoms with van der Waals surface area (Å²) in [5.41, 5.74) is 6.45. The standard InChI is InChI=1S/C13H18N4OS/c1-3-6-17-13(15-9-16-17)8-19-12-5-4-10(14)7-11(12)18-2/h4-5,7,9H,3,6,8,14H2,1-2H3. The summed E-state index contributed by atoms with van der Waals surface area (Å²) >= 11 is 1.67. The summed E-state index contributed by atoms with van der Waals surface area (Å²) in [7, 11) is 1.65. The summed E-state index contributed by atoms with van der Waals surface area (Å²) in [6.07, 6.45) is 2.65. The largest absolute Gasteiger partial charge is 0.496 e. The molecule has 0 aliphatic rings. The molecule has 0 atom stereocenters. The highest BCUT2D eigenvalue weighted by Crippen LogP contribution is 2.32. The van der Waals surface area contributed by atoms with Gasteiger partial charge in [0.1, 0.15) is 17.9 Å². The number of nitrogens with zero attached hydrogens (tertiary/aromatic N) is 3. The first kappa shape index (κ1) is 13.7. The predicted octanol–water partition coefficient (Wildman–Crippen LogP) is 2.57. The van der Waals surface area contributed by atoms with Crippen molar-refractivity contribution < 1.29 is 4.74 Å². The normalized spacial score (nSPS) is 10.6. The average molecular weight is 278 g/mol. The maximum absolute atomic E-state index is 5.74. The first-order chi connectivity index (χ1) is 9.24. The van der Waals surface area contributed by atoms with Gasteiger partial charge in [-0.05, 0) is 18.6 Å². The van der Waals surface area contributed by atoms with Crippen LogP contribution in [0.2, 0.25) is 0 Å². The Morgan fingerprint density at radius 2 is 2.26 bits per heavy atom. The molecule has 0 aliphatic carbocycles. The van der Waals surface area contributed by atoms with Crippen molar-refractivity contribution in [2.75, 3.05) is 12.8 Å². The van der Waals surface area contributed by atoms with Gasteiger partial charge in [-0.3, -0.25) is 0 Å². The third kappa shape index (κ3) is 3.41. The van der Waals surface area contributed by atoms with Crippen LogP contribution in [0.4, 0.5) is 5.69 Å². The number of thioether (sulfide) groups is 1. The lowest BCUT2D eigenvalue weighted by Gasteiger charge is -2.09. The second-order valence-corrected chi connectivity index (χ2v) is 5.12. The van der Waals surface area contributed by atoms with E-state index in [0.717, 1.165) is 35.2 Å². The molecule has 1 aromatic heterocycles. The maximum atomic E-state index is 5.74. The maximum Gasteiger partial charge on any atom is 0.138 e. The fourth-order valence-corrected chi connectivity index (χ4v) is 2.70. The smallest absolute Gasteiger partial charge is 0.138 e.